The molecule has 0 unspecified atom stereocenters. The van der Waals surface area contributed by atoms with Crippen molar-refractivity contribution in [3.8, 4) is 0 Å². The van der Waals surface area contributed by atoms with Crippen molar-refractivity contribution in [2.24, 2.45) is 0 Å². The topological polar surface area (TPSA) is 99.9 Å². The number of para-hydroxylation sites is 1. The second-order valence-corrected chi connectivity index (χ2v) is 5.57. The van der Waals surface area contributed by atoms with Crippen molar-refractivity contribution >= 4 is 23.5 Å². The Balaban J connectivity index is 2.15. The first-order chi connectivity index (χ1) is 12.8. The number of anilines is 1. The van der Waals surface area contributed by atoms with E-state index < -0.39 is 41.7 Å². The number of aryl methyl sites for hydroxylation is 1. The van der Waals surface area contributed by atoms with Crippen LogP contribution in [0.2, 0.25) is 0 Å². The highest BCUT2D eigenvalue weighted by Crippen LogP contribution is 2.20. The summed E-state index contributed by atoms with van der Waals surface area (Å²) < 4.78 is 32.5. The zero-order valence-corrected chi connectivity index (χ0v) is 14.7. The van der Waals surface area contributed by atoms with Gasteiger partial charge in [-0.15, -0.1) is 0 Å². The molecule has 0 fully saturated rings. The summed E-state index contributed by atoms with van der Waals surface area (Å²) in [7, 11) is 0. The number of carbonyl (C=O) groups excluding carboxylic acids is 2. The van der Waals surface area contributed by atoms with E-state index in [-0.39, 0.29) is 30.0 Å². The number of furan rings is 1. The average molecular weight is 380 g/mol. The van der Waals surface area contributed by atoms with E-state index in [9.17, 15) is 23.2 Å². The Labute approximate surface area is 153 Å². The molecule has 0 saturated carbocycles. The molecule has 144 valence electrons. The van der Waals surface area contributed by atoms with Crippen LogP contribution in [0.1, 0.15) is 40.5 Å². The minimum absolute atomic E-state index is 0.0938. The molecular weight excluding hydrogens is 362 g/mol. The van der Waals surface area contributed by atoms with Crippen LogP contribution in [-0.4, -0.2) is 40.9 Å². The zero-order chi connectivity index (χ0) is 20.1. The Morgan fingerprint density at radius 2 is 1.81 bits per heavy atom. The van der Waals surface area contributed by atoms with E-state index in [0.29, 0.717) is 0 Å². The number of carbonyl (C=O) groups is 3. The number of likely N-dealkylation sites (N-methyl/N-ethyl adjacent to an activating group) is 1. The minimum Gasteiger partial charge on any atom is -0.478 e. The van der Waals surface area contributed by atoms with Gasteiger partial charge in [-0.05, 0) is 19.1 Å². The van der Waals surface area contributed by atoms with Crippen LogP contribution < -0.4 is 5.32 Å². The fourth-order valence-electron chi connectivity index (χ4n) is 2.43. The van der Waals surface area contributed by atoms with E-state index in [1.165, 1.54) is 0 Å². The highest BCUT2D eigenvalue weighted by Gasteiger charge is 2.25. The smallest absolute Gasteiger partial charge is 0.339 e. The van der Waals surface area contributed by atoms with Crippen molar-refractivity contribution in [2.45, 2.75) is 20.3 Å². The number of amides is 2. The molecule has 27 heavy (non-hydrogen) atoms. The normalized spacial score (nSPS) is 10.5. The summed E-state index contributed by atoms with van der Waals surface area (Å²) in [5.74, 6) is -4.72. The Hall–Kier alpha value is -3.23. The van der Waals surface area contributed by atoms with Crippen LogP contribution in [-0.2, 0) is 11.2 Å². The van der Waals surface area contributed by atoms with E-state index in [2.05, 4.69) is 5.32 Å². The van der Waals surface area contributed by atoms with Gasteiger partial charge in [0.1, 0.15) is 35.2 Å². The number of nitrogens with one attached hydrogen (secondary N) is 1. The second-order valence-electron chi connectivity index (χ2n) is 5.57. The number of hydrogen-bond acceptors (Lipinski definition) is 4. The highest BCUT2D eigenvalue weighted by atomic mass is 19.1. The molecule has 1 aromatic carbocycles. The summed E-state index contributed by atoms with van der Waals surface area (Å²) in [6, 6.07) is 4.24. The van der Waals surface area contributed by atoms with Crippen molar-refractivity contribution in [3.63, 3.8) is 0 Å². The molecule has 0 atom stereocenters. The molecule has 2 aromatic rings. The number of carboxylic acid groups (broad SMARTS) is 1. The molecule has 0 spiro atoms. The molecule has 2 rings (SSSR count). The summed E-state index contributed by atoms with van der Waals surface area (Å²) >= 11 is 0. The van der Waals surface area contributed by atoms with Gasteiger partial charge >= 0.3 is 5.97 Å². The summed E-state index contributed by atoms with van der Waals surface area (Å²) in [6.45, 7) is 2.87. The van der Waals surface area contributed by atoms with Gasteiger partial charge in [0.2, 0.25) is 5.91 Å². The summed E-state index contributed by atoms with van der Waals surface area (Å²) in [4.78, 5) is 36.9. The third-order valence-electron chi connectivity index (χ3n) is 3.80. The maximum Gasteiger partial charge on any atom is 0.339 e. The van der Waals surface area contributed by atoms with Crippen LogP contribution in [0.4, 0.5) is 14.5 Å². The number of rotatable bonds is 7. The predicted octanol–water partition coefficient (Wildman–Crippen LogP) is 2.92. The van der Waals surface area contributed by atoms with E-state index >= 15 is 0 Å². The SMILES string of the molecule is CCc1oc(C(=O)N(CC)CC(=O)Nc2c(F)cccc2F)cc1C(=O)O. The Morgan fingerprint density at radius 1 is 1.19 bits per heavy atom. The molecule has 0 aliphatic heterocycles. The number of nitrogens with zero attached hydrogens (tertiary/aromatic N) is 1. The monoisotopic (exact) mass is 380 g/mol. The van der Waals surface area contributed by atoms with Crippen molar-refractivity contribution in [3.05, 3.63) is 53.0 Å². The minimum atomic E-state index is -1.23. The number of benzene rings is 1. The molecule has 0 saturated heterocycles. The number of halogens is 2. The van der Waals surface area contributed by atoms with Gasteiger partial charge in [0.15, 0.2) is 5.76 Å². The van der Waals surface area contributed by atoms with E-state index in [4.69, 9.17) is 9.52 Å². The van der Waals surface area contributed by atoms with Gasteiger partial charge in [0.05, 0.1) is 0 Å². The maximum absolute atomic E-state index is 13.6. The first-order valence-corrected chi connectivity index (χ1v) is 8.17. The zero-order valence-electron chi connectivity index (χ0n) is 14.7. The number of hydrogen-bond donors (Lipinski definition) is 2. The van der Waals surface area contributed by atoms with Gasteiger partial charge in [-0.1, -0.05) is 13.0 Å². The van der Waals surface area contributed by atoms with Crippen LogP contribution in [0.3, 0.4) is 0 Å². The third kappa shape index (κ3) is 4.49. The molecule has 0 bridgehead atoms. The predicted molar refractivity (Wildman–Crippen MR) is 91.6 cm³/mol. The van der Waals surface area contributed by atoms with Crippen LogP contribution >= 0.6 is 0 Å². The maximum atomic E-state index is 13.6. The molecule has 9 heteroatoms. The Morgan fingerprint density at radius 3 is 2.30 bits per heavy atom. The Kier molecular flexibility index (Phi) is 6.27. The first kappa shape index (κ1) is 20.1. The molecule has 0 aliphatic rings. The highest BCUT2D eigenvalue weighted by molar-refractivity contribution is 6.00. The molecule has 1 heterocycles. The lowest BCUT2D eigenvalue weighted by atomic mass is 10.2. The summed E-state index contributed by atoms with van der Waals surface area (Å²) in [5.41, 5.74) is -0.736. The molecule has 0 aliphatic carbocycles. The van der Waals surface area contributed by atoms with Gasteiger partial charge in [-0.2, -0.15) is 0 Å². The lowest BCUT2D eigenvalue weighted by molar-refractivity contribution is -0.116. The Bertz CT molecular complexity index is 858. The molecule has 7 nitrogen and oxygen atoms in total. The number of carboxylic acids is 1. The fourth-order valence-corrected chi connectivity index (χ4v) is 2.43. The lowest BCUT2D eigenvalue weighted by Gasteiger charge is -2.19. The first-order valence-electron chi connectivity index (χ1n) is 8.17. The molecule has 1 aromatic heterocycles. The van der Waals surface area contributed by atoms with Gasteiger partial charge in [0, 0.05) is 19.0 Å². The van der Waals surface area contributed by atoms with Crippen molar-refractivity contribution in [1.82, 2.24) is 4.90 Å². The van der Waals surface area contributed by atoms with Crippen LogP contribution in [0.25, 0.3) is 0 Å². The number of aromatic carboxylic acids is 1. The van der Waals surface area contributed by atoms with E-state index in [1.54, 1.807) is 13.8 Å². The fraction of sp³-hybridized carbons (Fsp3) is 0.278. The molecule has 0 radical (unpaired) electrons. The van der Waals surface area contributed by atoms with Crippen molar-refractivity contribution in [1.29, 1.82) is 0 Å². The largest absolute Gasteiger partial charge is 0.478 e. The van der Waals surface area contributed by atoms with Gasteiger partial charge in [0.25, 0.3) is 5.91 Å². The van der Waals surface area contributed by atoms with Gasteiger partial charge < -0.3 is 19.7 Å². The van der Waals surface area contributed by atoms with Gasteiger partial charge in [-0.3, -0.25) is 9.59 Å². The quantitative estimate of drug-likeness (QED) is 0.769. The third-order valence-corrected chi connectivity index (χ3v) is 3.80. The van der Waals surface area contributed by atoms with Crippen molar-refractivity contribution < 1.29 is 32.7 Å². The van der Waals surface area contributed by atoms with E-state index in [1.807, 2.05) is 0 Å². The standard InChI is InChI=1S/C18H18F2N2O5/c1-3-13-10(18(25)26)8-14(27-13)17(24)22(4-2)9-15(23)21-16-11(19)6-5-7-12(16)20/h5-8H,3-4,9H2,1-2H3,(H,21,23)(H,25,26). The van der Waals surface area contributed by atoms with Crippen LogP contribution in [0.5, 0.6) is 0 Å². The molecular formula is C18H18F2N2O5. The van der Waals surface area contributed by atoms with Crippen LogP contribution in [0, 0.1) is 11.6 Å². The second kappa shape index (κ2) is 8.43. The summed E-state index contributed by atoms with van der Waals surface area (Å²) in [5, 5.41) is 11.2. The van der Waals surface area contributed by atoms with Gasteiger partial charge in [-0.25, -0.2) is 13.6 Å². The molecule has 2 amide bonds. The summed E-state index contributed by atoms with van der Waals surface area (Å²) in [6.07, 6.45) is 0.272. The lowest BCUT2D eigenvalue weighted by Crippen LogP contribution is -2.38. The van der Waals surface area contributed by atoms with E-state index in [0.717, 1.165) is 29.2 Å². The average Bonchev–Trinajstić information content (AvgIpc) is 3.07. The van der Waals surface area contributed by atoms with Crippen LogP contribution in [0.15, 0.2) is 28.7 Å². The van der Waals surface area contributed by atoms with Crippen molar-refractivity contribution in [2.75, 3.05) is 18.4 Å². The molecule has 2 N–H and O–H groups in total.